The van der Waals surface area contributed by atoms with E-state index < -0.39 is 11.7 Å². The lowest BCUT2D eigenvalue weighted by Crippen LogP contribution is -2.19. The lowest BCUT2D eigenvalue weighted by Gasteiger charge is -2.21. The molecule has 0 N–H and O–H groups in total. The summed E-state index contributed by atoms with van der Waals surface area (Å²) in [5.74, 6) is 0.138. The lowest BCUT2D eigenvalue weighted by molar-refractivity contribution is -0.137. The molecule has 1 fully saturated rings. The molecule has 0 spiro atoms. The molecule has 0 aromatic heterocycles. The van der Waals surface area contributed by atoms with Crippen LogP contribution in [-0.2, 0) is 23.8 Å². The van der Waals surface area contributed by atoms with Gasteiger partial charge in [-0.2, -0.15) is 13.2 Å². The van der Waals surface area contributed by atoms with Crippen LogP contribution in [0.5, 0.6) is 0 Å². The molecule has 0 heterocycles. The van der Waals surface area contributed by atoms with Gasteiger partial charge in [-0.15, -0.1) is 11.6 Å². The van der Waals surface area contributed by atoms with E-state index in [1.165, 1.54) is 17.7 Å². The summed E-state index contributed by atoms with van der Waals surface area (Å²) < 4.78 is 38.7. The maximum Gasteiger partial charge on any atom is 0.416 e. The molecule has 1 aliphatic carbocycles. The largest absolute Gasteiger partial charge is 0.416 e. The Morgan fingerprint density at radius 3 is 2.36 bits per heavy atom. The topological polar surface area (TPSA) is 17.1 Å². The van der Waals surface area contributed by atoms with Crippen molar-refractivity contribution >= 4 is 17.4 Å². The highest BCUT2D eigenvalue weighted by Gasteiger charge is 2.40. The Balaban J connectivity index is 1.59. The van der Waals surface area contributed by atoms with Gasteiger partial charge in [0.1, 0.15) is 5.78 Å². The molecular weight excluding hydrogens is 385 g/mol. The van der Waals surface area contributed by atoms with E-state index in [1.807, 2.05) is 18.2 Å². The maximum absolute atomic E-state index is 12.9. The van der Waals surface area contributed by atoms with E-state index in [1.54, 1.807) is 6.07 Å². The van der Waals surface area contributed by atoms with Gasteiger partial charge in [0.05, 0.1) is 5.56 Å². The fraction of sp³-hybridized carbons (Fsp3) is 0.435. The minimum absolute atomic E-state index is 0.0273. The van der Waals surface area contributed by atoms with Crippen LogP contribution in [-0.4, -0.2) is 11.2 Å². The van der Waals surface area contributed by atoms with Gasteiger partial charge in [0, 0.05) is 17.7 Å². The molecule has 1 aliphatic rings. The van der Waals surface area contributed by atoms with Crippen LogP contribution in [0.25, 0.3) is 0 Å². The minimum Gasteiger partial charge on any atom is -0.299 e. The highest BCUT2D eigenvalue weighted by Crippen LogP contribution is 2.39. The number of aryl methyl sites for hydroxylation is 2. The average Bonchev–Trinajstić information content (AvgIpc) is 2.93. The normalized spacial score (nSPS) is 22.6. The summed E-state index contributed by atoms with van der Waals surface area (Å²) in [4.78, 5) is 12.4. The number of hydrogen-bond donors (Lipinski definition) is 0. The van der Waals surface area contributed by atoms with Gasteiger partial charge in [0.15, 0.2) is 0 Å². The van der Waals surface area contributed by atoms with Gasteiger partial charge < -0.3 is 0 Å². The van der Waals surface area contributed by atoms with Crippen molar-refractivity contribution in [3.63, 3.8) is 0 Å². The predicted octanol–water partition coefficient (Wildman–Crippen LogP) is 6.47. The summed E-state index contributed by atoms with van der Waals surface area (Å²) in [6.45, 7) is 0. The Labute approximate surface area is 168 Å². The molecule has 150 valence electrons. The van der Waals surface area contributed by atoms with Crippen molar-refractivity contribution in [2.24, 2.45) is 11.8 Å². The Morgan fingerprint density at radius 1 is 0.929 bits per heavy atom. The zero-order valence-electron chi connectivity index (χ0n) is 15.6. The van der Waals surface area contributed by atoms with E-state index in [9.17, 15) is 18.0 Å². The number of carbonyl (C=O) groups excluding carboxylic acids is 1. The number of Topliss-reactive ketones (excluding diaryl/α,β-unsaturated/α-hetero) is 1. The van der Waals surface area contributed by atoms with Crippen LogP contribution in [0, 0.1) is 11.8 Å². The van der Waals surface area contributed by atoms with E-state index in [0.717, 1.165) is 25.3 Å². The standard InChI is InChI=1S/C23H24ClF3O/c24-21-15-22(28)20(11-5-8-16-6-2-1-3-7-16)19(21)13-12-17-9-4-10-18(14-17)23(25,26)27/h1-4,6-7,9-10,14,19-21H,5,8,11-13,15H2/t19-,20-,21?/m1/s1. The first-order chi connectivity index (χ1) is 13.3. The summed E-state index contributed by atoms with van der Waals surface area (Å²) in [6, 6.07) is 15.6. The quantitative estimate of drug-likeness (QED) is 0.479. The minimum atomic E-state index is -4.34. The number of benzene rings is 2. The predicted molar refractivity (Wildman–Crippen MR) is 105 cm³/mol. The molecule has 5 heteroatoms. The number of rotatable bonds is 7. The van der Waals surface area contributed by atoms with Crippen LogP contribution in [0.15, 0.2) is 54.6 Å². The van der Waals surface area contributed by atoms with Gasteiger partial charge in [-0.1, -0.05) is 48.5 Å². The third-order valence-corrected chi connectivity index (χ3v) is 6.11. The van der Waals surface area contributed by atoms with E-state index in [-0.39, 0.29) is 23.0 Å². The Hall–Kier alpha value is -1.81. The van der Waals surface area contributed by atoms with Crippen LogP contribution < -0.4 is 0 Å². The Kier molecular flexibility index (Phi) is 6.82. The lowest BCUT2D eigenvalue weighted by atomic mass is 9.85. The monoisotopic (exact) mass is 408 g/mol. The molecule has 3 atom stereocenters. The van der Waals surface area contributed by atoms with E-state index >= 15 is 0 Å². The summed E-state index contributed by atoms with van der Waals surface area (Å²) in [5, 5.41) is -0.222. The van der Waals surface area contributed by atoms with Crippen molar-refractivity contribution in [2.45, 2.75) is 50.1 Å². The number of ketones is 1. The zero-order valence-corrected chi connectivity index (χ0v) is 16.3. The molecule has 1 unspecified atom stereocenters. The van der Waals surface area contributed by atoms with Crippen LogP contribution in [0.1, 0.15) is 42.4 Å². The van der Waals surface area contributed by atoms with Crippen molar-refractivity contribution in [1.82, 2.24) is 0 Å². The highest BCUT2D eigenvalue weighted by molar-refractivity contribution is 6.23. The molecule has 3 rings (SSSR count). The fourth-order valence-corrected chi connectivity index (χ4v) is 4.60. The van der Waals surface area contributed by atoms with Gasteiger partial charge in [-0.3, -0.25) is 4.79 Å². The third-order valence-electron chi connectivity index (χ3n) is 5.64. The Morgan fingerprint density at radius 2 is 1.64 bits per heavy atom. The molecular formula is C23H24ClF3O. The van der Waals surface area contributed by atoms with Gasteiger partial charge in [-0.05, 0) is 55.2 Å². The first kappa shape index (κ1) is 20.9. The number of alkyl halides is 4. The second-order valence-electron chi connectivity index (χ2n) is 7.57. The second kappa shape index (κ2) is 9.13. The summed E-state index contributed by atoms with van der Waals surface area (Å²) in [7, 11) is 0. The number of halogens is 4. The van der Waals surface area contributed by atoms with Crippen molar-refractivity contribution < 1.29 is 18.0 Å². The van der Waals surface area contributed by atoms with E-state index in [0.29, 0.717) is 24.8 Å². The summed E-state index contributed by atoms with van der Waals surface area (Å²) in [5.41, 5.74) is 1.26. The van der Waals surface area contributed by atoms with Crippen molar-refractivity contribution in [3.8, 4) is 0 Å². The van der Waals surface area contributed by atoms with Gasteiger partial charge in [0.2, 0.25) is 0 Å². The SMILES string of the molecule is O=C1CC(Cl)[C@H](CCc2cccc(C(F)(F)F)c2)[C@H]1CCCc1ccccc1. The summed E-state index contributed by atoms with van der Waals surface area (Å²) in [6.07, 6.45) is -0.233. The van der Waals surface area contributed by atoms with E-state index in [2.05, 4.69) is 12.1 Å². The van der Waals surface area contributed by atoms with Crippen molar-refractivity contribution in [2.75, 3.05) is 0 Å². The Bertz CT molecular complexity index is 788. The fourth-order valence-electron chi connectivity index (χ4n) is 4.15. The first-order valence-electron chi connectivity index (χ1n) is 9.71. The molecule has 0 saturated heterocycles. The van der Waals surface area contributed by atoms with Crippen LogP contribution in [0.3, 0.4) is 0 Å². The second-order valence-corrected chi connectivity index (χ2v) is 8.13. The molecule has 0 aliphatic heterocycles. The first-order valence-corrected chi connectivity index (χ1v) is 10.1. The molecule has 0 bridgehead atoms. The molecule has 1 saturated carbocycles. The van der Waals surface area contributed by atoms with Gasteiger partial charge in [0.25, 0.3) is 0 Å². The zero-order chi connectivity index (χ0) is 20.1. The molecule has 2 aromatic rings. The highest BCUT2D eigenvalue weighted by atomic mass is 35.5. The van der Waals surface area contributed by atoms with Crippen LogP contribution in [0.4, 0.5) is 13.2 Å². The molecule has 1 nitrogen and oxygen atoms in total. The number of carbonyl (C=O) groups is 1. The van der Waals surface area contributed by atoms with Crippen LogP contribution in [0.2, 0.25) is 0 Å². The third kappa shape index (κ3) is 5.38. The van der Waals surface area contributed by atoms with Crippen molar-refractivity contribution in [3.05, 3.63) is 71.3 Å². The molecule has 28 heavy (non-hydrogen) atoms. The molecule has 0 amide bonds. The average molecular weight is 409 g/mol. The molecule has 2 aromatic carbocycles. The summed E-state index contributed by atoms with van der Waals surface area (Å²) >= 11 is 6.43. The maximum atomic E-state index is 12.9. The van der Waals surface area contributed by atoms with Crippen molar-refractivity contribution in [1.29, 1.82) is 0 Å². The number of hydrogen-bond acceptors (Lipinski definition) is 1. The molecule has 0 radical (unpaired) electrons. The van der Waals surface area contributed by atoms with E-state index in [4.69, 9.17) is 11.6 Å². The van der Waals surface area contributed by atoms with Gasteiger partial charge in [-0.25, -0.2) is 0 Å². The smallest absolute Gasteiger partial charge is 0.299 e. The van der Waals surface area contributed by atoms with Gasteiger partial charge >= 0.3 is 6.18 Å². The van der Waals surface area contributed by atoms with Crippen LogP contribution >= 0.6 is 11.6 Å².